The summed E-state index contributed by atoms with van der Waals surface area (Å²) >= 11 is 14.1. The van der Waals surface area contributed by atoms with Crippen molar-refractivity contribution in [1.29, 1.82) is 0 Å². The second-order valence-electron chi connectivity index (χ2n) is 8.93. The van der Waals surface area contributed by atoms with Crippen molar-refractivity contribution in [2.45, 2.75) is 37.8 Å². The number of carbonyl (C=O) groups excluding carboxylic acids is 2. The fourth-order valence-corrected chi connectivity index (χ4v) is 6.03. The average molecular weight is 542 g/mol. The van der Waals surface area contributed by atoms with Crippen LogP contribution in [0.4, 0.5) is 17.3 Å². The third kappa shape index (κ3) is 5.37. The zero-order valence-electron chi connectivity index (χ0n) is 19.8. The molecule has 0 aliphatic carbocycles. The van der Waals surface area contributed by atoms with Gasteiger partial charge < -0.3 is 10.1 Å². The molecule has 0 radical (unpaired) electrons. The Morgan fingerprint density at radius 1 is 1.17 bits per heavy atom. The fraction of sp³-hybridized carbons (Fsp3) is 0.308. The number of rotatable bonds is 7. The topological polar surface area (TPSA) is 78.4 Å². The number of halogens is 2. The number of hydrogen-bond donors (Lipinski definition) is 1. The third-order valence-corrected chi connectivity index (χ3v) is 7.91. The number of carbonyl (C=O) groups is 2. The second kappa shape index (κ2) is 10.8. The first-order chi connectivity index (χ1) is 17.4. The van der Waals surface area contributed by atoms with E-state index in [1.165, 1.54) is 22.9 Å². The zero-order valence-corrected chi connectivity index (χ0v) is 22.1. The Balaban J connectivity index is 1.27. The average Bonchev–Trinajstić information content (AvgIpc) is 2.85. The Kier molecular flexibility index (Phi) is 7.48. The summed E-state index contributed by atoms with van der Waals surface area (Å²) in [6, 6.07) is 11.5. The number of hydrogen-bond acceptors (Lipinski definition) is 7. The minimum absolute atomic E-state index is 0.230. The molecular formula is C26H25Cl2N5O2S. The molecule has 0 bridgehead atoms. The summed E-state index contributed by atoms with van der Waals surface area (Å²) in [5, 5.41) is 4.75. The van der Waals surface area contributed by atoms with Crippen LogP contribution in [0.1, 0.15) is 41.3 Å². The van der Waals surface area contributed by atoms with E-state index >= 15 is 0 Å². The number of amides is 1. The maximum Gasteiger partial charge on any atom is 0.263 e. The van der Waals surface area contributed by atoms with Crippen LogP contribution in [-0.2, 0) is 17.8 Å². The van der Waals surface area contributed by atoms with Crippen molar-refractivity contribution in [1.82, 2.24) is 14.9 Å². The van der Waals surface area contributed by atoms with Gasteiger partial charge in [0.25, 0.3) is 5.91 Å². The molecule has 0 spiro atoms. The van der Waals surface area contributed by atoms with E-state index in [0.29, 0.717) is 44.6 Å². The van der Waals surface area contributed by atoms with Crippen LogP contribution in [-0.4, -0.2) is 45.5 Å². The molecule has 0 saturated heterocycles. The van der Waals surface area contributed by atoms with Gasteiger partial charge in [0.05, 0.1) is 27.2 Å². The summed E-state index contributed by atoms with van der Waals surface area (Å²) in [6.45, 7) is 4.47. The SMILES string of the molecule is CC(=O)CCCN1CCc2cc(Nc3ncc4c(n3)SCN(c3c(Cl)cccc3Cl)C4=O)ccc2C1. The van der Waals surface area contributed by atoms with Crippen LogP contribution in [0.15, 0.2) is 47.6 Å². The number of aromatic nitrogens is 2. The second-order valence-corrected chi connectivity index (χ2v) is 10.7. The third-order valence-electron chi connectivity index (χ3n) is 6.32. The molecule has 36 heavy (non-hydrogen) atoms. The zero-order chi connectivity index (χ0) is 25.2. The van der Waals surface area contributed by atoms with Crippen LogP contribution in [0.2, 0.25) is 10.0 Å². The summed E-state index contributed by atoms with van der Waals surface area (Å²) in [7, 11) is 0. The molecule has 3 heterocycles. The van der Waals surface area contributed by atoms with E-state index in [1.807, 2.05) is 6.07 Å². The number of ketones is 1. The van der Waals surface area contributed by atoms with Crippen molar-refractivity contribution in [2.24, 2.45) is 0 Å². The van der Waals surface area contributed by atoms with Crippen molar-refractivity contribution in [3.8, 4) is 0 Å². The normalized spacial score (nSPS) is 15.4. The monoisotopic (exact) mass is 541 g/mol. The molecule has 1 amide bonds. The lowest BCUT2D eigenvalue weighted by Gasteiger charge is -2.29. The predicted molar refractivity (Wildman–Crippen MR) is 145 cm³/mol. The van der Waals surface area contributed by atoms with E-state index in [0.717, 1.165) is 38.2 Å². The molecular weight excluding hydrogens is 517 g/mol. The highest BCUT2D eigenvalue weighted by molar-refractivity contribution is 7.99. The lowest BCUT2D eigenvalue weighted by molar-refractivity contribution is -0.117. The number of nitrogens with one attached hydrogen (secondary N) is 1. The van der Waals surface area contributed by atoms with Gasteiger partial charge in [-0.2, -0.15) is 0 Å². The first-order valence-corrected chi connectivity index (χ1v) is 13.5. The Morgan fingerprint density at radius 3 is 2.75 bits per heavy atom. The van der Waals surface area contributed by atoms with Gasteiger partial charge in [-0.05, 0) is 61.7 Å². The number of thioether (sulfide) groups is 1. The Bertz CT molecular complexity index is 1320. The number of fused-ring (bicyclic) bond motifs is 2. The number of para-hydroxylation sites is 1. The van der Waals surface area contributed by atoms with Crippen molar-refractivity contribution in [3.05, 3.63) is 69.3 Å². The number of benzene rings is 2. The molecule has 186 valence electrons. The van der Waals surface area contributed by atoms with Gasteiger partial charge in [0.15, 0.2) is 0 Å². The van der Waals surface area contributed by atoms with Crippen molar-refractivity contribution in [2.75, 3.05) is 29.2 Å². The molecule has 0 atom stereocenters. The van der Waals surface area contributed by atoms with Gasteiger partial charge in [0.1, 0.15) is 10.8 Å². The van der Waals surface area contributed by atoms with Crippen LogP contribution in [0.5, 0.6) is 0 Å². The first-order valence-electron chi connectivity index (χ1n) is 11.8. The summed E-state index contributed by atoms with van der Waals surface area (Å²) in [5.41, 5.74) is 4.44. The van der Waals surface area contributed by atoms with Gasteiger partial charge in [-0.1, -0.05) is 47.1 Å². The van der Waals surface area contributed by atoms with Crippen LogP contribution in [0.25, 0.3) is 0 Å². The highest BCUT2D eigenvalue weighted by Gasteiger charge is 2.30. The molecule has 0 fully saturated rings. The largest absolute Gasteiger partial charge is 0.324 e. The van der Waals surface area contributed by atoms with Gasteiger partial charge in [0.2, 0.25) is 5.95 Å². The number of nitrogens with zero attached hydrogens (tertiary/aromatic N) is 4. The minimum atomic E-state index is -0.230. The quantitative estimate of drug-likeness (QED) is 0.369. The van der Waals surface area contributed by atoms with Crippen LogP contribution in [0, 0.1) is 0 Å². The van der Waals surface area contributed by atoms with Crippen LogP contribution < -0.4 is 10.2 Å². The fourth-order valence-electron chi connectivity index (χ4n) is 4.49. The summed E-state index contributed by atoms with van der Waals surface area (Å²) in [4.78, 5) is 37.3. The van der Waals surface area contributed by atoms with E-state index < -0.39 is 0 Å². The summed E-state index contributed by atoms with van der Waals surface area (Å²) < 4.78 is 0. The van der Waals surface area contributed by atoms with Gasteiger partial charge in [0, 0.05) is 31.4 Å². The Hall–Kier alpha value is -2.65. The van der Waals surface area contributed by atoms with Gasteiger partial charge in [-0.15, -0.1) is 0 Å². The smallest absolute Gasteiger partial charge is 0.263 e. The van der Waals surface area contributed by atoms with Crippen molar-refractivity contribution >= 4 is 64.0 Å². The highest BCUT2D eigenvalue weighted by Crippen LogP contribution is 2.39. The number of anilines is 3. The van der Waals surface area contributed by atoms with Crippen molar-refractivity contribution in [3.63, 3.8) is 0 Å². The highest BCUT2D eigenvalue weighted by atomic mass is 35.5. The Morgan fingerprint density at radius 2 is 1.97 bits per heavy atom. The summed E-state index contributed by atoms with van der Waals surface area (Å²) in [5.74, 6) is 0.817. The van der Waals surface area contributed by atoms with E-state index in [1.54, 1.807) is 36.2 Å². The van der Waals surface area contributed by atoms with Crippen molar-refractivity contribution < 1.29 is 9.59 Å². The molecule has 2 aliphatic rings. The first kappa shape index (κ1) is 25.0. The lowest BCUT2D eigenvalue weighted by Crippen LogP contribution is -2.35. The van der Waals surface area contributed by atoms with Gasteiger partial charge >= 0.3 is 0 Å². The maximum atomic E-state index is 13.2. The number of Topliss-reactive ketones (excluding diaryl/α,β-unsaturated/α-hetero) is 1. The van der Waals surface area contributed by atoms with Gasteiger partial charge in [-0.3, -0.25) is 14.6 Å². The van der Waals surface area contributed by atoms with E-state index in [-0.39, 0.29) is 11.7 Å². The van der Waals surface area contributed by atoms with Crippen LogP contribution >= 0.6 is 35.0 Å². The summed E-state index contributed by atoms with van der Waals surface area (Å²) in [6.07, 6.45) is 4.06. The van der Waals surface area contributed by atoms with E-state index in [9.17, 15) is 9.59 Å². The maximum absolute atomic E-state index is 13.2. The molecule has 0 saturated carbocycles. The molecule has 7 nitrogen and oxygen atoms in total. The standard InChI is InChI=1S/C26H25Cl2N5O2S/c1-16(34)4-3-10-32-11-9-17-12-19(8-7-18(17)14-32)30-26-29-13-20-24(31-26)36-15-33(25(20)35)23-21(27)5-2-6-22(23)28/h2,5-8,12-13H,3-4,9-11,14-15H2,1H3,(H,29,30,31). The molecule has 1 aromatic heterocycles. The predicted octanol–water partition coefficient (Wildman–Crippen LogP) is 5.96. The Labute approximate surface area is 224 Å². The molecule has 1 N–H and O–H groups in total. The lowest BCUT2D eigenvalue weighted by atomic mass is 9.98. The molecule has 0 unspecified atom stereocenters. The molecule has 5 rings (SSSR count). The van der Waals surface area contributed by atoms with Crippen LogP contribution in [0.3, 0.4) is 0 Å². The minimum Gasteiger partial charge on any atom is -0.324 e. The van der Waals surface area contributed by atoms with E-state index in [2.05, 4.69) is 32.3 Å². The molecule has 3 aromatic rings. The molecule has 2 aliphatic heterocycles. The molecule has 10 heteroatoms. The van der Waals surface area contributed by atoms with Gasteiger partial charge in [-0.25, -0.2) is 9.97 Å². The molecule has 2 aromatic carbocycles. The van der Waals surface area contributed by atoms with E-state index in [4.69, 9.17) is 23.2 Å².